The first-order chi connectivity index (χ1) is 10.7. The Morgan fingerprint density at radius 1 is 0.864 bits per heavy atom. The number of halogens is 1. The number of hydrogen-bond acceptors (Lipinski definition) is 1. The predicted molar refractivity (Wildman–Crippen MR) is 94.1 cm³/mol. The topological polar surface area (TPSA) is 12.9 Å². The Bertz CT molecular complexity index is 794. The molecule has 3 aromatic rings. The minimum atomic E-state index is 0.406. The lowest BCUT2D eigenvalue weighted by Gasteiger charge is -2.16. The van der Waals surface area contributed by atoms with Crippen molar-refractivity contribution in [1.29, 1.82) is 0 Å². The molecule has 1 nitrogen and oxygen atoms in total. The van der Waals surface area contributed by atoms with Gasteiger partial charge in [0, 0.05) is 11.8 Å². The summed E-state index contributed by atoms with van der Waals surface area (Å²) in [6.07, 6.45) is 1.85. The van der Waals surface area contributed by atoms with Gasteiger partial charge in [0.05, 0.1) is 11.6 Å². The van der Waals surface area contributed by atoms with E-state index in [2.05, 4.69) is 55.2 Å². The van der Waals surface area contributed by atoms with E-state index in [1.165, 1.54) is 22.3 Å². The van der Waals surface area contributed by atoms with Gasteiger partial charge in [-0.25, -0.2) is 0 Å². The van der Waals surface area contributed by atoms with Crippen LogP contribution in [0.25, 0.3) is 22.3 Å². The van der Waals surface area contributed by atoms with Crippen molar-refractivity contribution in [3.05, 3.63) is 77.6 Å². The molecule has 0 N–H and O–H groups in total. The van der Waals surface area contributed by atoms with Gasteiger partial charge in [0.25, 0.3) is 0 Å². The van der Waals surface area contributed by atoms with Gasteiger partial charge >= 0.3 is 0 Å². The van der Waals surface area contributed by atoms with E-state index in [0.717, 1.165) is 16.8 Å². The summed E-state index contributed by atoms with van der Waals surface area (Å²) in [7, 11) is 0. The molecule has 22 heavy (non-hydrogen) atoms. The Kier molecular flexibility index (Phi) is 4.26. The van der Waals surface area contributed by atoms with E-state index in [-0.39, 0.29) is 0 Å². The quantitative estimate of drug-likeness (QED) is 0.560. The van der Waals surface area contributed by atoms with E-state index in [4.69, 9.17) is 11.6 Å². The zero-order valence-corrected chi connectivity index (χ0v) is 13.6. The number of aryl methyl sites for hydroxylation is 1. The average Bonchev–Trinajstić information content (AvgIpc) is 2.57. The van der Waals surface area contributed by atoms with Gasteiger partial charge < -0.3 is 0 Å². The number of nitrogens with zero attached hydrogens (tertiary/aromatic N) is 1. The second-order valence-corrected chi connectivity index (χ2v) is 5.69. The van der Waals surface area contributed by atoms with Crippen LogP contribution in [0, 0.1) is 13.8 Å². The zero-order valence-electron chi connectivity index (χ0n) is 12.8. The highest BCUT2D eigenvalue weighted by Gasteiger charge is 2.14. The maximum absolute atomic E-state index is 6.15. The predicted octanol–water partition coefficient (Wildman–Crippen LogP) is 5.77. The van der Waals surface area contributed by atoms with Gasteiger partial charge in [-0.2, -0.15) is 0 Å². The number of hydrogen-bond donors (Lipinski definition) is 0. The molecule has 110 valence electrons. The van der Waals surface area contributed by atoms with Crippen molar-refractivity contribution >= 4 is 11.6 Å². The lowest BCUT2D eigenvalue weighted by atomic mass is 9.90. The summed E-state index contributed by atoms with van der Waals surface area (Å²) < 4.78 is 0. The molecule has 0 saturated heterocycles. The third-order valence-electron chi connectivity index (χ3n) is 4.11. The fourth-order valence-electron chi connectivity index (χ4n) is 2.80. The molecule has 0 fully saturated rings. The first-order valence-electron chi connectivity index (χ1n) is 7.38. The minimum Gasteiger partial charge on any atom is -0.259 e. The Morgan fingerprint density at radius 3 is 2.36 bits per heavy atom. The molecule has 0 atom stereocenters. The number of alkyl halides is 1. The molecule has 0 bridgehead atoms. The van der Waals surface area contributed by atoms with E-state index < -0.39 is 0 Å². The number of aromatic nitrogens is 1. The van der Waals surface area contributed by atoms with Crippen LogP contribution < -0.4 is 0 Å². The first kappa shape index (κ1) is 14.8. The van der Waals surface area contributed by atoms with Gasteiger partial charge in [0.2, 0.25) is 0 Å². The van der Waals surface area contributed by atoms with Crippen molar-refractivity contribution in [3.63, 3.8) is 0 Å². The lowest BCUT2D eigenvalue weighted by molar-refractivity contribution is 1.17. The summed E-state index contributed by atoms with van der Waals surface area (Å²) >= 11 is 6.15. The molecule has 3 rings (SSSR count). The van der Waals surface area contributed by atoms with E-state index in [1.807, 2.05) is 24.4 Å². The summed E-state index contributed by atoms with van der Waals surface area (Å²) in [6, 6.07) is 18.8. The third-order valence-corrected chi connectivity index (χ3v) is 4.37. The second-order valence-electron chi connectivity index (χ2n) is 5.43. The maximum atomic E-state index is 6.15. The van der Waals surface area contributed by atoms with E-state index in [0.29, 0.717) is 5.88 Å². The van der Waals surface area contributed by atoms with Gasteiger partial charge in [0.15, 0.2) is 0 Å². The van der Waals surface area contributed by atoms with Crippen LogP contribution in [-0.2, 0) is 5.88 Å². The molecule has 1 heterocycles. The SMILES string of the molecule is Cc1cccc(-c2ccnc(CCl)c2-c2ccccc2)c1C. The average molecular weight is 308 g/mol. The van der Waals surface area contributed by atoms with Crippen LogP contribution in [0.15, 0.2) is 60.8 Å². The molecule has 0 spiro atoms. The van der Waals surface area contributed by atoms with Crippen LogP contribution >= 0.6 is 11.6 Å². The van der Waals surface area contributed by atoms with Gasteiger partial charge in [-0.1, -0.05) is 48.5 Å². The molecular formula is C20H18ClN. The van der Waals surface area contributed by atoms with Crippen LogP contribution in [0.3, 0.4) is 0 Å². The van der Waals surface area contributed by atoms with Crippen molar-refractivity contribution in [2.75, 3.05) is 0 Å². The van der Waals surface area contributed by atoms with Crippen LogP contribution in [0.1, 0.15) is 16.8 Å². The highest BCUT2D eigenvalue weighted by molar-refractivity contribution is 6.17. The fraction of sp³-hybridized carbons (Fsp3) is 0.150. The second kappa shape index (κ2) is 6.33. The van der Waals surface area contributed by atoms with E-state index in [9.17, 15) is 0 Å². The van der Waals surface area contributed by atoms with Crippen LogP contribution in [0.2, 0.25) is 0 Å². The Hall–Kier alpha value is -2.12. The smallest absolute Gasteiger partial charge is 0.0653 e. The molecular weight excluding hydrogens is 290 g/mol. The zero-order chi connectivity index (χ0) is 15.5. The van der Waals surface area contributed by atoms with E-state index >= 15 is 0 Å². The van der Waals surface area contributed by atoms with Gasteiger partial charge in [-0.15, -0.1) is 11.6 Å². The molecule has 2 heteroatoms. The van der Waals surface area contributed by atoms with Crippen molar-refractivity contribution < 1.29 is 0 Å². The van der Waals surface area contributed by atoms with Crippen LogP contribution in [0.4, 0.5) is 0 Å². The molecule has 0 amide bonds. The van der Waals surface area contributed by atoms with Gasteiger partial charge in [0.1, 0.15) is 0 Å². The number of benzene rings is 2. The molecule has 0 aliphatic heterocycles. The Morgan fingerprint density at radius 2 is 1.64 bits per heavy atom. The molecule has 0 aliphatic carbocycles. The normalized spacial score (nSPS) is 10.7. The number of rotatable bonds is 3. The highest BCUT2D eigenvalue weighted by Crippen LogP contribution is 2.36. The van der Waals surface area contributed by atoms with Crippen molar-refractivity contribution in [3.8, 4) is 22.3 Å². The maximum Gasteiger partial charge on any atom is 0.0653 e. The van der Waals surface area contributed by atoms with Crippen LogP contribution in [0.5, 0.6) is 0 Å². The summed E-state index contributed by atoms with van der Waals surface area (Å²) in [5.41, 5.74) is 8.23. The Balaban J connectivity index is 2.31. The summed E-state index contributed by atoms with van der Waals surface area (Å²) in [5, 5.41) is 0. The summed E-state index contributed by atoms with van der Waals surface area (Å²) in [5.74, 6) is 0.406. The van der Waals surface area contributed by atoms with Gasteiger partial charge in [-0.3, -0.25) is 4.98 Å². The monoisotopic (exact) mass is 307 g/mol. The summed E-state index contributed by atoms with van der Waals surface area (Å²) in [6.45, 7) is 4.31. The standard InChI is InChI=1S/C20H18ClN/c1-14-7-6-10-17(15(14)2)18-11-12-22-19(13-21)20(18)16-8-4-3-5-9-16/h3-12H,13H2,1-2H3. The first-order valence-corrected chi connectivity index (χ1v) is 7.91. The molecule has 0 saturated carbocycles. The van der Waals surface area contributed by atoms with E-state index in [1.54, 1.807) is 0 Å². The molecule has 2 aromatic carbocycles. The van der Waals surface area contributed by atoms with Crippen molar-refractivity contribution in [2.24, 2.45) is 0 Å². The fourth-order valence-corrected chi connectivity index (χ4v) is 3.00. The molecule has 1 aromatic heterocycles. The molecule has 0 unspecified atom stereocenters. The van der Waals surface area contributed by atoms with Crippen LogP contribution in [-0.4, -0.2) is 4.98 Å². The summed E-state index contributed by atoms with van der Waals surface area (Å²) in [4.78, 5) is 4.48. The lowest BCUT2D eigenvalue weighted by Crippen LogP contribution is -1.96. The number of pyridine rings is 1. The minimum absolute atomic E-state index is 0.406. The van der Waals surface area contributed by atoms with Gasteiger partial charge in [-0.05, 0) is 47.7 Å². The molecule has 0 aliphatic rings. The van der Waals surface area contributed by atoms with Crippen molar-refractivity contribution in [2.45, 2.75) is 19.7 Å². The largest absolute Gasteiger partial charge is 0.259 e. The van der Waals surface area contributed by atoms with Crippen molar-refractivity contribution in [1.82, 2.24) is 4.98 Å². The highest BCUT2D eigenvalue weighted by atomic mass is 35.5. The Labute approximate surface area is 136 Å². The molecule has 0 radical (unpaired) electrons. The third kappa shape index (κ3) is 2.65.